The smallest absolute Gasteiger partial charge is 0.410 e. The predicted molar refractivity (Wildman–Crippen MR) is 74.2 cm³/mol. The molecule has 2 fully saturated rings. The summed E-state index contributed by atoms with van der Waals surface area (Å²) in [6, 6.07) is 1.17. The average molecular weight is 277 g/mol. The number of carbonyl (C=O) groups is 1. The lowest BCUT2D eigenvalue weighted by Crippen LogP contribution is -2.49. The average Bonchev–Trinajstić information content (AvgIpc) is 2.99. The first-order valence-corrected chi connectivity index (χ1v) is 6.68. The molecular formula is C13H25ClN2O2. The Morgan fingerprint density at radius 3 is 2.44 bits per heavy atom. The van der Waals surface area contributed by atoms with Crippen molar-refractivity contribution in [2.75, 3.05) is 13.1 Å². The zero-order valence-corrected chi connectivity index (χ0v) is 12.4. The van der Waals surface area contributed by atoms with Crippen LogP contribution in [0.4, 0.5) is 4.79 Å². The molecule has 4 nitrogen and oxygen atoms in total. The van der Waals surface area contributed by atoms with E-state index < -0.39 is 5.60 Å². The number of nitrogens with one attached hydrogen (secondary N) is 1. The topological polar surface area (TPSA) is 41.6 Å². The molecule has 0 aromatic rings. The van der Waals surface area contributed by atoms with Gasteiger partial charge in [0.05, 0.1) is 0 Å². The Hall–Kier alpha value is -0.480. The number of amides is 1. The largest absolute Gasteiger partial charge is 0.444 e. The molecule has 106 valence electrons. The van der Waals surface area contributed by atoms with Crippen molar-refractivity contribution in [3.8, 4) is 0 Å². The minimum absolute atomic E-state index is 0. The van der Waals surface area contributed by atoms with E-state index in [1.807, 2.05) is 25.7 Å². The Morgan fingerprint density at radius 1 is 1.22 bits per heavy atom. The van der Waals surface area contributed by atoms with Crippen LogP contribution >= 0.6 is 12.4 Å². The highest BCUT2D eigenvalue weighted by atomic mass is 35.5. The van der Waals surface area contributed by atoms with E-state index in [9.17, 15) is 4.79 Å². The van der Waals surface area contributed by atoms with Crippen molar-refractivity contribution >= 4 is 18.5 Å². The fourth-order valence-corrected chi connectivity index (χ4v) is 2.19. The number of halogens is 1. The molecule has 2 rings (SSSR count). The summed E-state index contributed by atoms with van der Waals surface area (Å²) in [6.07, 6.45) is 4.67. The van der Waals surface area contributed by atoms with Crippen molar-refractivity contribution < 1.29 is 9.53 Å². The summed E-state index contributed by atoms with van der Waals surface area (Å²) in [5.74, 6) is 0. The molecule has 1 atom stereocenters. The predicted octanol–water partition coefficient (Wildman–Crippen LogP) is 2.56. The van der Waals surface area contributed by atoms with Crippen LogP contribution in [0, 0.1) is 0 Å². The Bertz CT molecular complexity index is 287. The van der Waals surface area contributed by atoms with Gasteiger partial charge in [0.1, 0.15) is 5.60 Å². The third-order valence-corrected chi connectivity index (χ3v) is 3.12. The maximum Gasteiger partial charge on any atom is 0.410 e. The summed E-state index contributed by atoms with van der Waals surface area (Å²) in [4.78, 5) is 13.8. The van der Waals surface area contributed by atoms with Gasteiger partial charge in [-0.2, -0.15) is 0 Å². The number of carbonyl (C=O) groups excluding carboxylic acids is 1. The van der Waals surface area contributed by atoms with E-state index in [-0.39, 0.29) is 18.5 Å². The Kier molecular flexibility index (Phi) is 5.29. The zero-order chi connectivity index (χ0) is 12.5. The van der Waals surface area contributed by atoms with E-state index >= 15 is 0 Å². The van der Waals surface area contributed by atoms with Crippen molar-refractivity contribution in [3.63, 3.8) is 0 Å². The first kappa shape index (κ1) is 15.6. The molecule has 1 heterocycles. The third kappa shape index (κ3) is 5.02. The molecule has 1 aliphatic carbocycles. The molecule has 1 saturated carbocycles. The van der Waals surface area contributed by atoms with Crippen LogP contribution in [-0.2, 0) is 4.74 Å². The van der Waals surface area contributed by atoms with Gasteiger partial charge in [0.2, 0.25) is 0 Å². The molecule has 1 amide bonds. The number of hydrogen-bond acceptors (Lipinski definition) is 3. The minimum Gasteiger partial charge on any atom is -0.444 e. The van der Waals surface area contributed by atoms with Gasteiger partial charge in [0.15, 0.2) is 0 Å². The summed E-state index contributed by atoms with van der Waals surface area (Å²) in [6.45, 7) is 7.36. The summed E-state index contributed by atoms with van der Waals surface area (Å²) < 4.78 is 5.41. The second kappa shape index (κ2) is 6.11. The van der Waals surface area contributed by atoms with Crippen LogP contribution in [0.1, 0.15) is 46.5 Å². The number of rotatable bonds is 2. The van der Waals surface area contributed by atoms with Crippen molar-refractivity contribution in [2.45, 2.75) is 64.1 Å². The van der Waals surface area contributed by atoms with Crippen LogP contribution in [0.5, 0.6) is 0 Å². The van der Waals surface area contributed by atoms with Gasteiger partial charge >= 0.3 is 6.09 Å². The second-order valence-electron chi connectivity index (χ2n) is 6.21. The highest BCUT2D eigenvalue weighted by Crippen LogP contribution is 2.22. The first-order valence-electron chi connectivity index (χ1n) is 6.68. The maximum absolute atomic E-state index is 11.9. The third-order valence-electron chi connectivity index (χ3n) is 3.12. The van der Waals surface area contributed by atoms with E-state index in [4.69, 9.17) is 4.74 Å². The van der Waals surface area contributed by atoms with Crippen LogP contribution in [0.25, 0.3) is 0 Å². The highest BCUT2D eigenvalue weighted by molar-refractivity contribution is 5.85. The normalized spacial score (nSPS) is 24.4. The molecule has 1 saturated heterocycles. The maximum atomic E-state index is 11.9. The van der Waals surface area contributed by atoms with Crippen LogP contribution in [-0.4, -0.2) is 41.8 Å². The molecule has 18 heavy (non-hydrogen) atoms. The van der Waals surface area contributed by atoms with Crippen molar-refractivity contribution in [1.82, 2.24) is 10.2 Å². The molecule has 1 unspecified atom stereocenters. The van der Waals surface area contributed by atoms with E-state index in [1.165, 1.54) is 19.3 Å². The van der Waals surface area contributed by atoms with Crippen LogP contribution < -0.4 is 5.32 Å². The monoisotopic (exact) mass is 276 g/mol. The number of likely N-dealkylation sites (tertiary alicyclic amines) is 1. The Labute approximate surface area is 116 Å². The van der Waals surface area contributed by atoms with Gasteiger partial charge in [0, 0.05) is 25.2 Å². The van der Waals surface area contributed by atoms with Crippen molar-refractivity contribution in [1.29, 1.82) is 0 Å². The summed E-state index contributed by atoms with van der Waals surface area (Å²) >= 11 is 0. The molecule has 2 aliphatic rings. The van der Waals surface area contributed by atoms with Gasteiger partial charge in [-0.25, -0.2) is 4.79 Å². The van der Waals surface area contributed by atoms with E-state index in [0.29, 0.717) is 12.1 Å². The molecule has 1 aliphatic heterocycles. The number of piperidine rings is 1. The Balaban J connectivity index is 0.00000162. The number of nitrogens with zero attached hydrogens (tertiary/aromatic N) is 1. The van der Waals surface area contributed by atoms with Gasteiger partial charge in [-0.1, -0.05) is 0 Å². The fourth-order valence-electron chi connectivity index (χ4n) is 2.19. The lowest BCUT2D eigenvalue weighted by atomic mass is 10.1. The van der Waals surface area contributed by atoms with E-state index in [0.717, 1.165) is 19.5 Å². The zero-order valence-electron chi connectivity index (χ0n) is 11.6. The molecule has 0 spiro atoms. The first-order chi connectivity index (χ1) is 7.94. The molecule has 5 heteroatoms. The second-order valence-corrected chi connectivity index (χ2v) is 6.21. The van der Waals surface area contributed by atoms with Crippen LogP contribution in [0.3, 0.4) is 0 Å². The molecule has 0 aromatic carbocycles. The van der Waals surface area contributed by atoms with Gasteiger partial charge in [-0.05, 0) is 46.5 Å². The fraction of sp³-hybridized carbons (Fsp3) is 0.923. The number of hydrogen-bond donors (Lipinski definition) is 1. The summed E-state index contributed by atoms with van der Waals surface area (Å²) in [5.41, 5.74) is -0.395. The van der Waals surface area contributed by atoms with Crippen LogP contribution in [0.15, 0.2) is 0 Å². The summed E-state index contributed by atoms with van der Waals surface area (Å²) in [5, 5.41) is 3.59. The molecule has 1 N–H and O–H groups in total. The quantitative estimate of drug-likeness (QED) is 0.843. The minimum atomic E-state index is -0.395. The highest BCUT2D eigenvalue weighted by Gasteiger charge is 2.30. The van der Waals surface area contributed by atoms with E-state index in [1.54, 1.807) is 0 Å². The van der Waals surface area contributed by atoms with Gasteiger partial charge in [-0.3, -0.25) is 0 Å². The summed E-state index contributed by atoms with van der Waals surface area (Å²) in [7, 11) is 0. The molecular weight excluding hydrogens is 252 g/mol. The van der Waals surface area contributed by atoms with Crippen LogP contribution in [0.2, 0.25) is 0 Å². The van der Waals surface area contributed by atoms with Crippen molar-refractivity contribution in [3.05, 3.63) is 0 Å². The molecule has 0 aromatic heterocycles. The van der Waals surface area contributed by atoms with Gasteiger partial charge < -0.3 is 15.0 Å². The SMILES string of the molecule is CC(C)(C)OC(=O)N1CCCC(NC2CC2)C1.Cl. The van der Waals surface area contributed by atoms with Gasteiger partial charge in [-0.15, -0.1) is 12.4 Å². The lowest BCUT2D eigenvalue weighted by Gasteiger charge is -2.34. The van der Waals surface area contributed by atoms with E-state index in [2.05, 4.69) is 5.32 Å². The molecule has 0 bridgehead atoms. The molecule has 0 radical (unpaired) electrons. The lowest BCUT2D eigenvalue weighted by molar-refractivity contribution is 0.0187. The Morgan fingerprint density at radius 2 is 1.89 bits per heavy atom. The standard InChI is InChI=1S/C13H24N2O2.ClH/c1-13(2,3)17-12(16)15-8-4-5-11(9-15)14-10-6-7-10;/h10-11,14H,4-9H2,1-3H3;1H. The van der Waals surface area contributed by atoms with Crippen molar-refractivity contribution in [2.24, 2.45) is 0 Å². The number of ether oxygens (including phenoxy) is 1. The van der Waals surface area contributed by atoms with Gasteiger partial charge in [0.25, 0.3) is 0 Å².